The highest BCUT2D eigenvalue weighted by Gasteiger charge is 2.20. The molecule has 2 N–H and O–H groups in total. The lowest BCUT2D eigenvalue weighted by atomic mass is 10.1. The van der Waals surface area contributed by atoms with Crippen molar-refractivity contribution in [2.45, 2.75) is 50.8 Å². The summed E-state index contributed by atoms with van der Waals surface area (Å²) in [5.41, 5.74) is 1.47. The zero-order chi connectivity index (χ0) is 29.0. The van der Waals surface area contributed by atoms with Crippen molar-refractivity contribution in [1.82, 2.24) is 15.0 Å². The van der Waals surface area contributed by atoms with Crippen molar-refractivity contribution in [3.63, 3.8) is 0 Å². The zero-order valence-corrected chi connectivity index (χ0v) is 23.6. The maximum absolute atomic E-state index is 12.7. The van der Waals surface area contributed by atoms with Crippen LogP contribution in [-0.2, 0) is 21.2 Å². The van der Waals surface area contributed by atoms with Crippen molar-refractivity contribution < 1.29 is 27.5 Å². The molecule has 9 nitrogen and oxygen atoms in total. The van der Waals surface area contributed by atoms with Crippen LogP contribution in [0, 0.1) is 5.92 Å². The minimum Gasteiger partial charge on any atom is -0.461 e. The Morgan fingerprint density at radius 2 is 1.60 bits per heavy atom. The molecule has 0 radical (unpaired) electrons. The molecule has 212 valence electrons. The first-order valence-corrected chi connectivity index (χ1v) is 14.8. The van der Waals surface area contributed by atoms with Gasteiger partial charge < -0.3 is 10.1 Å². The van der Waals surface area contributed by atoms with Gasteiger partial charge in [0.05, 0.1) is 17.1 Å². The average Bonchev–Trinajstić information content (AvgIpc) is 2.97. The van der Waals surface area contributed by atoms with Crippen LogP contribution in [0.1, 0.15) is 76.3 Å². The number of amides is 2. The minimum absolute atomic E-state index is 0.0241. The molecule has 1 atom stereocenters. The number of aryl methyl sites for hydroxylation is 1. The van der Waals surface area contributed by atoms with E-state index in [-0.39, 0.29) is 34.6 Å². The molecule has 0 aliphatic carbocycles. The van der Waals surface area contributed by atoms with Gasteiger partial charge in [-0.2, -0.15) is 0 Å². The number of hydrogen-bond donors (Lipinski definition) is 2. The monoisotopic (exact) mass is 565 g/mol. The molecule has 0 saturated heterocycles. The van der Waals surface area contributed by atoms with Crippen LogP contribution in [0.2, 0.25) is 0 Å². The minimum atomic E-state index is -4.20. The summed E-state index contributed by atoms with van der Waals surface area (Å²) >= 11 is 0. The number of carbonyl (C=O) groups excluding carboxylic acids is 3. The van der Waals surface area contributed by atoms with Gasteiger partial charge >= 0.3 is 5.97 Å². The summed E-state index contributed by atoms with van der Waals surface area (Å²) in [7, 11) is -4.20. The number of nitrogens with one attached hydrogen (secondary N) is 2. The van der Waals surface area contributed by atoms with Crippen molar-refractivity contribution in [2.24, 2.45) is 5.92 Å². The number of esters is 1. The van der Waals surface area contributed by atoms with Gasteiger partial charge in [-0.25, -0.2) is 22.9 Å². The fourth-order valence-corrected chi connectivity index (χ4v) is 4.82. The van der Waals surface area contributed by atoms with E-state index in [4.69, 9.17) is 4.74 Å². The Labute approximate surface area is 235 Å². The molecule has 0 spiro atoms. The molecule has 0 saturated carbocycles. The largest absolute Gasteiger partial charge is 0.461 e. The predicted octanol–water partition coefficient (Wildman–Crippen LogP) is 4.55. The number of sulfonamides is 1. The molecule has 0 bridgehead atoms. The van der Waals surface area contributed by atoms with E-state index in [1.807, 2.05) is 42.0 Å². The summed E-state index contributed by atoms with van der Waals surface area (Å²) in [6, 6.07) is 17.8. The molecule has 1 unspecified atom stereocenters. The number of carbonyl (C=O) groups is 3. The maximum Gasteiger partial charge on any atom is 0.356 e. The van der Waals surface area contributed by atoms with E-state index in [1.54, 1.807) is 0 Å². The normalized spacial score (nSPS) is 11.8. The Bertz CT molecular complexity index is 1380. The lowest BCUT2D eigenvalue weighted by Gasteiger charge is -2.11. The van der Waals surface area contributed by atoms with Crippen LogP contribution >= 0.6 is 0 Å². The smallest absolute Gasteiger partial charge is 0.356 e. The van der Waals surface area contributed by atoms with E-state index in [2.05, 4.69) is 17.2 Å². The van der Waals surface area contributed by atoms with Crippen LogP contribution in [0.25, 0.3) is 0 Å². The molecular weight excluding hydrogens is 530 g/mol. The molecule has 0 aliphatic rings. The van der Waals surface area contributed by atoms with Gasteiger partial charge in [-0.15, -0.1) is 0 Å². The first kappa shape index (κ1) is 30.5. The summed E-state index contributed by atoms with van der Waals surface area (Å²) in [6.45, 7) is 4.85. The summed E-state index contributed by atoms with van der Waals surface area (Å²) in [6.07, 6.45) is 5.79. The van der Waals surface area contributed by atoms with Crippen LogP contribution in [-0.4, -0.2) is 44.3 Å². The van der Waals surface area contributed by atoms with Crippen LogP contribution in [0.15, 0.2) is 77.8 Å². The fraction of sp³-hybridized carbons (Fsp3) is 0.333. The van der Waals surface area contributed by atoms with E-state index < -0.39 is 21.9 Å². The number of pyridine rings is 1. The van der Waals surface area contributed by atoms with E-state index in [0.717, 1.165) is 38.3 Å². The highest BCUT2D eigenvalue weighted by molar-refractivity contribution is 7.90. The predicted molar refractivity (Wildman–Crippen MR) is 151 cm³/mol. The van der Waals surface area contributed by atoms with Crippen molar-refractivity contribution in [1.29, 1.82) is 0 Å². The third-order valence-corrected chi connectivity index (χ3v) is 7.56. The number of hydrogen-bond acceptors (Lipinski definition) is 7. The molecule has 0 fully saturated rings. The molecular formula is C30H35N3O6S. The number of unbranched alkanes of at least 4 members (excludes halogenated alkanes) is 1. The Balaban J connectivity index is 1.50. The maximum atomic E-state index is 12.7. The second kappa shape index (κ2) is 14.9. The molecule has 3 aromatic rings. The van der Waals surface area contributed by atoms with Crippen LogP contribution in [0.3, 0.4) is 0 Å². The Kier molecular flexibility index (Phi) is 11.4. The molecule has 0 aliphatic heterocycles. The summed E-state index contributed by atoms with van der Waals surface area (Å²) in [4.78, 5) is 40.9. The molecule has 2 amide bonds. The average molecular weight is 566 g/mol. The van der Waals surface area contributed by atoms with Gasteiger partial charge in [0.1, 0.15) is 5.69 Å². The number of ether oxygens (including phenoxy) is 1. The molecule has 1 heterocycles. The topological polar surface area (TPSA) is 132 Å². The van der Waals surface area contributed by atoms with Crippen molar-refractivity contribution >= 4 is 27.8 Å². The standard InChI is InChI=1S/C30H35N3O6S/c1-3-4-9-22(2)21-39-30(36)27-18-15-25(20-32-27)29(35)33-40(37,38)26-16-13-24(14-17-26)28(34)31-19-8-12-23-10-6-5-7-11-23/h5-7,10-11,13-18,20,22H,3-4,8-9,12,19,21H2,1-2H3,(H,31,34)(H,33,35). The molecule has 40 heavy (non-hydrogen) atoms. The third-order valence-electron chi connectivity index (χ3n) is 6.21. The molecule has 10 heteroatoms. The molecule has 3 rings (SSSR count). The first-order chi connectivity index (χ1) is 19.2. The Morgan fingerprint density at radius 3 is 2.25 bits per heavy atom. The second-order valence-electron chi connectivity index (χ2n) is 9.58. The van der Waals surface area contributed by atoms with Crippen LogP contribution in [0.4, 0.5) is 0 Å². The number of nitrogens with zero attached hydrogens (tertiary/aromatic N) is 1. The van der Waals surface area contributed by atoms with E-state index >= 15 is 0 Å². The van der Waals surface area contributed by atoms with Gasteiger partial charge in [-0.3, -0.25) is 9.59 Å². The number of rotatable bonds is 14. The van der Waals surface area contributed by atoms with Gasteiger partial charge in [-0.05, 0) is 67.1 Å². The van der Waals surface area contributed by atoms with E-state index in [9.17, 15) is 22.8 Å². The lowest BCUT2D eigenvalue weighted by molar-refractivity contribution is 0.0435. The van der Waals surface area contributed by atoms with Gasteiger partial charge in [0.15, 0.2) is 0 Å². The third kappa shape index (κ3) is 9.30. The number of aromatic nitrogens is 1. The quantitative estimate of drug-likeness (QED) is 0.217. The Morgan fingerprint density at radius 1 is 0.900 bits per heavy atom. The van der Waals surface area contributed by atoms with E-state index in [1.165, 1.54) is 42.0 Å². The second-order valence-corrected chi connectivity index (χ2v) is 11.3. The lowest BCUT2D eigenvalue weighted by Crippen LogP contribution is -2.31. The zero-order valence-electron chi connectivity index (χ0n) is 22.8. The fourth-order valence-electron chi connectivity index (χ4n) is 3.84. The van der Waals surface area contributed by atoms with Gasteiger partial charge in [0.2, 0.25) is 0 Å². The summed E-state index contributed by atoms with van der Waals surface area (Å²) in [5, 5.41) is 2.82. The van der Waals surface area contributed by atoms with Gasteiger partial charge in [0, 0.05) is 18.3 Å². The van der Waals surface area contributed by atoms with Crippen molar-refractivity contribution in [2.75, 3.05) is 13.2 Å². The van der Waals surface area contributed by atoms with Gasteiger partial charge in [-0.1, -0.05) is 57.0 Å². The highest BCUT2D eigenvalue weighted by Crippen LogP contribution is 2.13. The molecule has 1 aromatic heterocycles. The first-order valence-electron chi connectivity index (χ1n) is 13.3. The van der Waals surface area contributed by atoms with Crippen LogP contribution < -0.4 is 10.0 Å². The van der Waals surface area contributed by atoms with Crippen molar-refractivity contribution in [3.8, 4) is 0 Å². The number of benzene rings is 2. The van der Waals surface area contributed by atoms with Crippen LogP contribution in [0.5, 0.6) is 0 Å². The summed E-state index contributed by atoms with van der Waals surface area (Å²) in [5.74, 6) is -1.60. The molecule has 2 aromatic carbocycles. The van der Waals surface area contributed by atoms with E-state index in [0.29, 0.717) is 12.1 Å². The Hall–Kier alpha value is -4.05. The van der Waals surface area contributed by atoms with Gasteiger partial charge in [0.25, 0.3) is 21.8 Å². The summed E-state index contributed by atoms with van der Waals surface area (Å²) < 4.78 is 32.7. The SMILES string of the molecule is CCCCC(C)COC(=O)c1ccc(C(=O)NS(=O)(=O)c2ccc(C(=O)NCCCc3ccccc3)cc2)cn1. The highest BCUT2D eigenvalue weighted by atomic mass is 32.2. The van der Waals surface area contributed by atoms with Crippen molar-refractivity contribution in [3.05, 3.63) is 95.3 Å².